The van der Waals surface area contributed by atoms with E-state index in [1.54, 1.807) is 31.2 Å². The van der Waals surface area contributed by atoms with Gasteiger partial charge in [0.15, 0.2) is 11.9 Å². The van der Waals surface area contributed by atoms with E-state index in [4.69, 9.17) is 4.74 Å². The van der Waals surface area contributed by atoms with Crippen LogP contribution in [0.5, 0.6) is 0 Å². The highest BCUT2D eigenvalue weighted by Crippen LogP contribution is 2.26. The largest absolute Gasteiger partial charge is 0.454 e. The van der Waals surface area contributed by atoms with Crippen LogP contribution in [0, 0.1) is 11.7 Å². The van der Waals surface area contributed by atoms with Gasteiger partial charge >= 0.3 is 5.97 Å². The molecular formula is C22H22FN3O5S. The molecule has 8 nitrogen and oxygen atoms in total. The number of esters is 1. The third kappa shape index (κ3) is 4.42. The summed E-state index contributed by atoms with van der Waals surface area (Å²) in [6.07, 6.45) is -0.165. The van der Waals surface area contributed by atoms with Gasteiger partial charge in [-0.05, 0) is 56.2 Å². The Morgan fingerprint density at radius 3 is 2.50 bits per heavy atom. The maximum Gasteiger partial charge on any atom is 0.309 e. The molecule has 1 atom stereocenters. The van der Waals surface area contributed by atoms with Gasteiger partial charge in [0.2, 0.25) is 10.0 Å². The maximum absolute atomic E-state index is 13.1. The van der Waals surface area contributed by atoms with Crippen LogP contribution in [0.3, 0.4) is 0 Å². The van der Waals surface area contributed by atoms with Gasteiger partial charge in [-0.15, -0.1) is 0 Å². The fourth-order valence-corrected chi connectivity index (χ4v) is 5.18. The Hall–Kier alpha value is -3.11. The highest BCUT2D eigenvalue weighted by atomic mass is 32.2. The number of ether oxygens (including phenoxy) is 1. The average molecular weight is 459 g/mol. The van der Waals surface area contributed by atoms with E-state index in [9.17, 15) is 22.4 Å². The quantitative estimate of drug-likeness (QED) is 0.588. The molecule has 2 aromatic carbocycles. The number of H-pyrrole nitrogens is 1. The van der Waals surface area contributed by atoms with Crippen LogP contribution in [-0.2, 0) is 19.6 Å². The van der Waals surface area contributed by atoms with Gasteiger partial charge in [0.25, 0.3) is 5.56 Å². The van der Waals surface area contributed by atoms with Crippen molar-refractivity contribution in [2.24, 2.45) is 5.92 Å². The molecule has 4 rings (SSSR count). The summed E-state index contributed by atoms with van der Waals surface area (Å²) in [6.45, 7) is 1.93. The smallest absolute Gasteiger partial charge is 0.309 e. The lowest BCUT2D eigenvalue weighted by Gasteiger charge is -2.30. The van der Waals surface area contributed by atoms with Gasteiger partial charge in [-0.3, -0.25) is 9.59 Å². The van der Waals surface area contributed by atoms with Crippen molar-refractivity contribution in [1.29, 1.82) is 0 Å². The summed E-state index contributed by atoms with van der Waals surface area (Å²) < 4.78 is 45.3. The summed E-state index contributed by atoms with van der Waals surface area (Å²) in [6, 6.07) is 11.5. The Bertz CT molecular complexity index is 1300. The highest BCUT2D eigenvalue weighted by molar-refractivity contribution is 7.89. The minimum atomic E-state index is -3.75. The fraction of sp³-hybridized carbons (Fsp3) is 0.318. The molecule has 168 valence electrons. The van der Waals surface area contributed by atoms with E-state index in [1.807, 2.05) is 0 Å². The number of hydrogen-bond acceptors (Lipinski definition) is 6. The van der Waals surface area contributed by atoms with Crippen molar-refractivity contribution in [1.82, 2.24) is 14.3 Å². The molecule has 10 heteroatoms. The van der Waals surface area contributed by atoms with Crippen LogP contribution >= 0.6 is 0 Å². The van der Waals surface area contributed by atoms with Crippen LogP contribution < -0.4 is 5.56 Å². The third-order valence-electron chi connectivity index (χ3n) is 5.55. The van der Waals surface area contributed by atoms with Crippen molar-refractivity contribution in [3.8, 4) is 0 Å². The molecule has 0 amide bonds. The molecule has 1 aromatic heterocycles. The summed E-state index contributed by atoms with van der Waals surface area (Å²) in [7, 11) is -3.75. The number of para-hydroxylation sites is 1. The molecule has 0 radical (unpaired) electrons. The molecular weight excluding hydrogens is 437 g/mol. The van der Waals surface area contributed by atoms with E-state index in [2.05, 4.69) is 9.97 Å². The molecule has 2 heterocycles. The van der Waals surface area contributed by atoms with Gasteiger partial charge in [-0.25, -0.2) is 17.8 Å². The maximum atomic E-state index is 13.1. The van der Waals surface area contributed by atoms with Crippen LogP contribution in [0.1, 0.15) is 31.7 Å². The number of aromatic amines is 1. The minimum Gasteiger partial charge on any atom is -0.454 e. The summed E-state index contributed by atoms with van der Waals surface area (Å²) in [4.78, 5) is 31.9. The first-order chi connectivity index (χ1) is 15.3. The summed E-state index contributed by atoms with van der Waals surface area (Å²) in [5.74, 6) is -1.20. The Balaban J connectivity index is 1.39. The SMILES string of the molecule is CC(OC(=O)C1CCN(S(=O)(=O)c2ccc(F)cc2)CC1)c1nc2ccccc2c(=O)[nH]1. The van der Waals surface area contributed by atoms with E-state index >= 15 is 0 Å². The van der Waals surface area contributed by atoms with E-state index in [0.29, 0.717) is 23.7 Å². The van der Waals surface area contributed by atoms with Crippen LogP contribution in [0.25, 0.3) is 10.9 Å². The van der Waals surface area contributed by atoms with Crippen LogP contribution in [0.4, 0.5) is 4.39 Å². The Morgan fingerprint density at radius 2 is 1.81 bits per heavy atom. The molecule has 32 heavy (non-hydrogen) atoms. The number of benzene rings is 2. The zero-order valence-corrected chi connectivity index (χ0v) is 18.1. The molecule has 1 unspecified atom stereocenters. The van der Waals surface area contributed by atoms with Crippen molar-refractivity contribution in [3.05, 3.63) is 70.5 Å². The molecule has 3 aromatic rings. The molecule has 0 saturated carbocycles. The molecule has 0 bridgehead atoms. The molecule has 1 fully saturated rings. The second-order valence-corrected chi connectivity index (χ2v) is 9.62. The number of nitrogens with zero attached hydrogens (tertiary/aromatic N) is 2. The number of sulfonamides is 1. The van der Waals surface area contributed by atoms with Gasteiger partial charge in [-0.2, -0.15) is 4.31 Å². The number of aromatic nitrogens is 2. The second kappa shape index (κ2) is 8.79. The number of fused-ring (bicyclic) bond motifs is 1. The van der Waals surface area contributed by atoms with Gasteiger partial charge < -0.3 is 9.72 Å². The average Bonchev–Trinajstić information content (AvgIpc) is 2.79. The van der Waals surface area contributed by atoms with Gasteiger partial charge in [0, 0.05) is 13.1 Å². The number of piperidine rings is 1. The van der Waals surface area contributed by atoms with Crippen molar-refractivity contribution >= 4 is 26.9 Å². The Morgan fingerprint density at radius 1 is 1.16 bits per heavy atom. The van der Waals surface area contributed by atoms with Crippen LogP contribution in [-0.4, -0.2) is 41.7 Å². The summed E-state index contributed by atoms with van der Waals surface area (Å²) >= 11 is 0. The van der Waals surface area contributed by atoms with Gasteiger partial charge in [-0.1, -0.05) is 12.1 Å². The van der Waals surface area contributed by atoms with E-state index in [1.165, 1.54) is 16.4 Å². The van der Waals surface area contributed by atoms with Gasteiger partial charge in [0.05, 0.1) is 21.7 Å². The van der Waals surface area contributed by atoms with E-state index < -0.39 is 33.8 Å². The zero-order valence-electron chi connectivity index (χ0n) is 17.3. The monoisotopic (exact) mass is 459 g/mol. The van der Waals surface area contributed by atoms with Crippen molar-refractivity contribution < 1.29 is 22.3 Å². The normalized spacial score (nSPS) is 16.7. The topological polar surface area (TPSA) is 109 Å². The predicted octanol–water partition coefficient (Wildman–Crippen LogP) is 2.77. The first-order valence-corrected chi connectivity index (χ1v) is 11.6. The number of rotatable bonds is 5. The molecule has 0 spiro atoms. The predicted molar refractivity (Wildman–Crippen MR) is 115 cm³/mol. The van der Waals surface area contributed by atoms with Crippen molar-refractivity contribution in [2.75, 3.05) is 13.1 Å². The number of carbonyl (C=O) groups excluding carboxylic acids is 1. The minimum absolute atomic E-state index is 0.0138. The fourth-order valence-electron chi connectivity index (χ4n) is 3.71. The molecule has 1 N–H and O–H groups in total. The van der Waals surface area contributed by atoms with Crippen molar-refractivity contribution in [2.45, 2.75) is 30.8 Å². The van der Waals surface area contributed by atoms with E-state index in [0.717, 1.165) is 12.1 Å². The first-order valence-electron chi connectivity index (χ1n) is 10.2. The van der Waals surface area contributed by atoms with E-state index in [-0.39, 0.29) is 29.4 Å². The number of hydrogen-bond donors (Lipinski definition) is 1. The molecule has 1 aliphatic heterocycles. The number of carbonyl (C=O) groups is 1. The first kappa shape index (κ1) is 22.1. The summed E-state index contributed by atoms with van der Waals surface area (Å²) in [5.41, 5.74) is 0.196. The third-order valence-corrected chi connectivity index (χ3v) is 7.46. The second-order valence-electron chi connectivity index (χ2n) is 7.68. The van der Waals surface area contributed by atoms with Crippen molar-refractivity contribution in [3.63, 3.8) is 0 Å². The Kier molecular flexibility index (Phi) is 6.07. The standard InChI is InChI=1S/C22H22FN3O5S/c1-14(20-24-19-5-3-2-4-18(19)21(27)25-20)31-22(28)15-10-12-26(13-11-15)32(29,30)17-8-6-16(23)7-9-17/h2-9,14-15H,10-13H2,1H3,(H,24,25,27). The number of nitrogens with one attached hydrogen (secondary N) is 1. The summed E-state index contributed by atoms with van der Waals surface area (Å²) in [5, 5.41) is 0.449. The lowest BCUT2D eigenvalue weighted by atomic mass is 9.98. The van der Waals surface area contributed by atoms with Gasteiger partial charge in [0.1, 0.15) is 5.82 Å². The molecule has 1 saturated heterocycles. The van der Waals surface area contributed by atoms with Crippen LogP contribution in [0.2, 0.25) is 0 Å². The lowest BCUT2D eigenvalue weighted by Crippen LogP contribution is -2.40. The zero-order chi connectivity index (χ0) is 22.9. The highest BCUT2D eigenvalue weighted by Gasteiger charge is 2.33. The number of halogens is 1. The molecule has 0 aliphatic carbocycles. The Labute approximate surface area is 184 Å². The van der Waals surface area contributed by atoms with Crippen LogP contribution in [0.15, 0.2) is 58.2 Å². The molecule has 1 aliphatic rings. The lowest BCUT2D eigenvalue weighted by molar-refractivity contribution is -0.155.